The van der Waals surface area contributed by atoms with Crippen LogP contribution in [0.2, 0.25) is 0 Å². The van der Waals surface area contributed by atoms with Crippen molar-refractivity contribution in [2.75, 3.05) is 23.8 Å². The number of fused-ring (bicyclic) bond motifs is 1. The molecule has 1 aromatic carbocycles. The van der Waals surface area contributed by atoms with Crippen molar-refractivity contribution in [1.82, 2.24) is 0 Å². The summed E-state index contributed by atoms with van der Waals surface area (Å²) in [7, 11) is 0. The van der Waals surface area contributed by atoms with Gasteiger partial charge in [-0.05, 0) is 24.5 Å². The van der Waals surface area contributed by atoms with Crippen LogP contribution in [0, 0.1) is 10.1 Å². The quantitative estimate of drug-likeness (QED) is 0.644. The van der Waals surface area contributed by atoms with Crippen molar-refractivity contribution in [2.24, 2.45) is 0 Å². The first-order valence-corrected chi connectivity index (χ1v) is 6.10. The summed E-state index contributed by atoms with van der Waals surface area (Å²) in [5.74, 6) is 0. The van der Waals surface area contributed by atoms with E-state index in [0.29, 0.717) is 6.42 Å². The van der Waals surface area contributed by atoms with E-state index in [4.69, 9.17) is 4.74 Å². The number of nitro groups is 1. The van der Waals surface area contributed by atoms with Crippen LogP contribution in [-0.4, -0.2) is 24.2 Å². The lowest BCUT2D eigenvalue weighted by Crippen LogP contribution is -2.15. The minimum atomic E-state index is -0.671. The number of nitrogens with one attached hydrogen (secondary N) is 2. The molecule has 0 aromatic heterocycles. The maximum absolute atomic E-state index is 11.5. The van der Waals surface area contributed by atoms with Crippen molar-refractivity contribution in [3.8, 4) is 0 Å². The molecule has 7 nitrogen and oxygen atoms in total. The number of hydrogen-bond donors (Lipinski definition) is 2. The fraction of sp³-hybridized carbons (Fsp3) is 0.417. The van der Waals surface area contributed by atoms with Crippen molar-refractivity contribution >= 4 is 23.2 Å². The number of carbonyl (C=O) groups excluding carboxylic acids is 1. The van der Waals surface area contributed by atoms with Gasteiger partial charge in [0.2, 0.25) is 0 Å². The monoisotopic (exact) mass is 265 g/mol. The molecule has 7 heteroatoms. The molecule has 1 aromatic rings. The van der Waals surface area contributed by atoms with Crippen molar-refractivity contribution in [1.29, 1.82) is 0 Å². The summed E-state index contributed by atoms with van der Waals surface area (Å²) in [5, 5.41) is 16.5. The standard InChI is InChI=1S/C12H15N3O4/c1-2-5-19-12(16)14-10-6-8-3-4-13-9(8)7-11(10)15(17)18/h6-7,13H,2-5H2,1H3,(H,14,16). The highest BCUT2D eigenvalue weighted by atomic mass is 16.6. The number of carbonyl (C=O) groups is 1. The van der Waals surface area contributed by atoms with E-state index in [0.717, 1.165) is 24.2 Å². The molecule has 0 fully saturated rings. The molecule has 0 spiro atoms. The smallest absolute Gasteiger partial charge is 0.411 e. The van der Waals surface area contributed by atoms with Crippen LogP contribution in [0.25, 0.3) is 0 Å². The van der Waals surface area contributed by atoms with E-state index in [2.05, 4.69) is 10.6 Å². The minimum absolute atomic E-state index is 0.137. The second-order valence-corrected chi connectivity index (χ2v) is 4.22. The zero-order valence-corrected chi connectivity index (χ0v) is 10.6. The van der Waals surface area contributed by atoms with Gasteiger partial charge >= 0.3 is 6.09 Å². The molecule has 0 atom stereocenters. The van der Waals surface area contributed by atoms with Crippen LogP contribution in [0.4, 0.5) is 21.9 Å². The normalized spacial score (nSPS) is 12.5. The van der Waals surface area contributed by atoms with Crippen LogP contribution in [0.5, 0.6) is 0 Å². The number of anilines is 2. The summed E-state index contributed by atoms with van der Waals surface area (Å²) >= 11 is 0. The van der Waals surface area contributed by atoms with Gasteiger partial charge in [0.25, 0.3) is 5.69 Å². The average Bonchev–Trinajstić information content (AvgIpc) is 2.82. The highest BCUT2D eigenvalue weighted by Gasteiger charge is 2.22. The first-order chi connectivity index (χ1) is 9.11. The largest absolute Gasteiger partial charge is 0.449 e. The molecule has 0 saturated heterocycles. The van der Waals surface area contributed by atoms with Gasteiger partial charge in [-0.15, -0.1) is 0 Å². The van der Waals surface area contributed by atoms with E-state index in [1.807, 2.05) is 6.92 Å². The van der Waals surface area contributed by atoms with Crippen LogP contribution in [-0.2, 0) is 11.2 Å². The highest BCUT2D eigenvalue weighted by Crippen LogP contribution is 2.34. The van der Waals surface area contributed by atoms with E-state index in [1.165, 1.54) is 6.07 Å². The molecule has 0 saturated carbocycles. The number of nitrogens with zero attached hydrogens (tertiary/aromatic N) is 1. The molecule has 1 aliphatic rings. The fourth-order valence-electron chi connectivity index (χ4n) is 1.93. The lowest BCUT2D eigenvalue weighted by atomic mass is 10.1. The predicted octanol–water partition coefficient (Wildman–Crippen LogP) is 2.52. The number of hydrogen-bond acceptors (Lipinski definition) is 5. The first-order valence-electron chi connectivity index (χ1n) is 6.10. The summed E-state index contributed by atoms with van der Waals surface area (Å²) in [6, 6.07) is 3.07. The molecule has 1 aliphatic heterocycles. The second-order valence-electron chi connectivity index (χ2n) is 4.22. The molecule has 0 bridgehead atoms. The van der Waals surface area contributed by atoms with Crippen LogP contribution in [0.3, 0.4) is 0 Å². The van der Waals surface area contributed by atoms with E-state index >= 15 is 0 Å². The number of ether oxygens (including phenoxy) is 1. The van der Waals surface area contributed by atoms with E-state index in [1.54, 1.807) is 6.07 Å². The summed E-state index contributed by atoms with van der Waals surface area (Å²) < 4.78 is 4.86. The molecule has 1 amide bonds. The van der Waals surface area contributed by atoms with Crippen molar-refractivity contribution in [2.45, 2.75) is 19.8 Å². The van der Waals surface area contributed by atoms with Gasteiger partial charge in [-0.1, -0.05) is 6.92 Å². The van der Waals surface area contributed by atoms with Crippen LogP contribution >= 0.6 is 0 Å². The van der Waals surface area contributed by atoms with Crippen LogP contribution in [0.15, 0.2) is 12.1 Å². The van der Waals surface area contributed by atoms with Crippen molar-refractivity contribution in [3.63, 3.8) is 0 Å². The Kier molecular flexibility index (Phi) is 3.84. The van der Waals surface area contributed by atoms with Crippen LogP contribution in [0.1, 0.15) is 18.9 Å². The minimum Gasteiger partial charge on any atom is -0.449 e. The Morgan fingerprint density at radius 2 is 2.37 bits per heavy atom. The summed E-state index contributed by atoms with van der Waals surface area (Å²) in [6.07, 6.45) is 0.811. The SMILES string of the molecule is CCCOC(=O)Nc1cc2c(cc1[N+](=O)[O-])NCC2. The van der Waals surface area contributed by atoms with E-state index in [9.17, 15) is 14.9 Å². The Hall–Kier alpha value is -2.31. The number of amides is 1. The fourth-order valence-corrected chi connectivity index (χ4v) is 1.93. The zero-order valence-electron chi connectivity index (χ0n) is 10.6. The van der Waals surface area contributed by atoms with Gasteiger partial charge in [-0.25, -0.2) is 4.79 Å². The van der Waals surface area contributed by atoms with E-state index < -0.39 is 11.0 Å². The zero-order chi connectivity index (χ0) is 13.8. The van der Waals surface area contributed by atoms with E-state index in [-0.39, 0.29) is 18.0 Å². The van der Waals surface area contributed by atoms with Crippen molar-refractivity contribution in [3.05, 3.63) is 27.8 Å². The van der Waals surface area contributed by atoms with Crippen LogP contribution < -0.4 is 10.6 Å². The molecule has 0 unspecified atom stereocenters. The third kappa shape index (κ3) is 2.93. The van der Waals surface area contributed by atoms with Gasteiger partial charge in [0, 0.05) is 18.3 Å². The number of rotatable bonds is 4. The van der Waals surface area contributed by atoms with Gasteiger partial charge in [0.05, 0.1) is 11.5 Å². The first kappa shape index (κ1) is 13.1. The molecule has 102 valence electrons. The third-order valence-electron chi connectivity index (χ3n) is 2.80. The molecular weight excluding hydrogens is 250 g/mol. The van der Waals surface area contributed by atoms with Gasteiger partial charge in [-0.3, -0.25) is 15.4 Å². The highest BCUT2D eigenvalue weighted by molar-refractivity contribution is 5.89. The Labute approximate surface area is 110 Å². The maximum Gasteiger partial charge on any atom is 0.411 e. The third-order valence-corrected chi connectivity index (χ3v) is 2.80. The van der Waals surface area contributed by atoms with Gasteiger partial charge in [-0.2, -0.15) is 0 Å². The number of benzene rings is 1. The Bertz CT molecular complexity index is 516. The summed E-state index contributed by atoms with van der Waals surface area (Å²) in [4.78, 5) is 22.0. The van der Waals surface area contributed by atoms with Gasteiger partial charge in [0.15, 0.2) is 0 Å². The summed E-state index contributed by atoms with van der Waals surface area (Å²) in [5.41, 5.74) is 1.74. The molecule has 1 heterocycles. The number of nitro benzene ring substituents is 1. The second kappa shape index (κ2) is 5.55. The predicted molar refractivity (Wildman–Crippen MR) is 70.6 cm³/mol. The lowest BCUT2D eigenvalue weighted by molar-refractivity contribution is -0.383. The average molecular weight is 265 g/mol. The maximum atomic E-state index is 11.5. The lowest BCUT2D eigenvalue weighted by Gasteiger charge is -2.08. The summed E-state index contributed by atoms with van der Waals surface area (Å²) in [6.45, 7) is 2.90. The molecule has 2 N–H and O–H groups in total. The Morgan fingerprint density at radius 1 is 1.58 bits per heavy atom. The molecular formula is C12H15N3O4. The Morgan fingerprint density at radius 3 is 3.05 bits per heavy atom. The molecule has 0 aliphatic carbocycles. The van der Waals surface area contributed by atoms with Gasteiger partial charge in [0.1, 0.15) is 5.69 Å². The molecule has 2 rings (SSSR count). The Balaban J connectivity index is 2.23. The molecule has 0 radical (unpaired) electrons. The van der Waals surface area contributed by atoms with Crippen molar-refractivity contribution < 1.29 is 14.5 Å². The topological polar surface area (TPSA) is 93.5 Å². The molecule has 19 heavy (non-hydrogen) atoms. The van der Waals surface area contributed by atoms with Gasteiger partial charge < -0.3 is 10.1 Å².